The third kappa shape index (κ3) is 3.14. The van der Waals surface area contributed by atoms with Gasteiger partial charge in [-0.05, 0) is 18.2 Å². The molecule has 98 valence electrons. The third-order valence-corrected chi connectivity index (χ3v) is 2.79. The van der Waals surface area contributed by atoms with Gasteiger partial charge in [-0.15, -0.1) is 0 Å². The predicted molar refractivity (Wildman–Crippen MR) is 73.0 cm³/mol. The highest BCUT2D eigenvalue weighted by Crippen LogP contribution is 2.26. The minimum Gasteiger partial charge on any atom is -0.497 e. The highest BCUT2D eigenvalue weighted by molar-refractivity contribution is 6.34. The van der Waals surface area contributed by atoms with Crippen molar-refractivity contribution in [3.63, 3.8) is 0 Å². The molecule has 1 aromatic carbocycles. The summed E-state index contributed by atoms with van der Waals surface area (Å²) >= 11 is 5.98. The van der Waals surface area contributed by atoms with Crippen LogP contribution in [0, 0.1) is 0 Å². The molecule has 2 aromatic rings. The molecule has 0 aliphatic rings. The Kier molecular flexibility index (Phi) is 3.87. The van der Waals surface area contributed by atoms with Crippen LogP contribution in [0.3, 0.4) is 0 Å². The number of anilines is 1. The SMILES string of the molecule is COc1ccc(Cl)c(NC(=O)c2cc[nH]c(=O)c2)c1. The molecule has 0 radical (unpaired) electrons. The molecule has 0 fully saturated rings. The first-order valence-corrected chi connectivity index (χ1v) is 5.81. The third-order valence-electron chi connectivity index (χ3n) is 2.46. The highest BCUT2D eigenvalue weighted by Gasteiger charge is 2.09. The molecule has 0 aliphatic carbocycles. The minimum atomic E-state index is -0.416. The molecule has 0 saturated heterocycles. The van der Waals surface area contributed by atoms with E-state index in [1.807, 2.05) is 0 Å². The van der Waals surface area contributed by atoms with E-state index in [1.165, 1.54) is 25.4 Å². The van der Waals surface area contributed by atoms with Gasteiger partial charge in [-0.1, -0.05) is 11.6 Å². The Bertz CT molecular complexity index is 667. The van der Waals surface area contributed by atoms with Crippen LogP contribution in [-0.4, -0.2) is 18.0 Å². The van der Waals surface area contributed by atoms with Crippen LogP contribution in [0.2, 0.25) is 5.02 Å². The monoisotopic (exact) mass is 278 g/mol. The summed E-state index contributed by atoms with van der Waals surface area (Å²) in [5.74, 6) is 0.159. The van der Waals surface area contributed by atoms with Crippen molar-refractivity contribution in [2.45, 2.75) is 0 Å². The maximum absolute atomic E-state index is 12.0. The van der Waals surface area contributed by atoms with Gasteiger partial charge in [-0.2, -0.15) is 0 Å². The average Bonchev–Trinajstić information content (AvgIpc) is 2.41. The Morgan fingerprint density at radius 2 is 2.11 bits per heavy atom. The topological polar surface area (TPSA) is 71.2 Å². The lowest BCUT2D eigenvalue weighted by molar-refractivity contribution is 0.102. The number of pyridine rings is 1. The standard InChI is InChI=1S/C13H11ClN2O3/c1-19-9-2-3-10(14)11(7-9)16-13(18)8-4-5-15-12(17)6-8/h2-7H,1H3,(H,15,17)(H,16,18). The van der Waals surface area contributed by atoms with Crippen molar-refractivity contribution in [3.8, 4) is 5.75 Å². The zero-order chi connectivity index (χ0) is 13.8. The summed E-state index contributed by atoms with van der Waals surface area (Å²) in [6.45, 7) is 0. The molecule has 2 rings (SSSR count). The number of aromatic amines is 1. The highest BCUT2D eigenvalue weighted by atomic mass is 35.5. The molecule has 0 aliphatic heterocycles. The first-order valence-electron chi connectivity index (χ1n) is 5.44. The van der Waals surface area contributed by atoms with Crippen molar-refractivity contribution >= 4 is 23.2 Å². The van der Waals surface area contributed by atoms with Crippen molar-refractivity contribution < 1.29 is 9.53 Å². The predicted octanol–water partition coefficient (Wildman–Crippen LogP) is 2.29. The smallest absolute Gasteiger partial charge is 0.255 e. The molecule has 0 bridgehead atoms. The largest absolute Gasteiger partial charge is 0.497 e. The second-order valence-electron chi connectivity index (χ2n) is 3.74. The number of methoxy groups -OCH3 is 1. The second-order valence-corrected chi connectivity index (χ2v) is 4.15. The number of carbonyl (C=O) groups is 1. The minimum absolute atomic E-state index is 0.252. The first-order chi connectivity index (χ1) is 9.10. The lowest BCUT2D eigenvalue weighted by atomic mass is 10.2. The van der Waals surface area contributed by atoms with Crippen LogP contribution in [0.4, 0.5) is 5.69 Å². The van der Waals surface area contributed by atoms with E-state index in [9.17, 15) is 9.59 Å². The normalized spacial score (nSPS) is 10.0. The Balaban J connectivity index is 2.26. The number of amides is 1. The van der Waals surface area contributed by atoms with E-state index in [4.69, 9.17) is 16.3 Å². The molecule has 2 N–H and O–H groups in total. The number of hydrogen-bond acceptors (Lipinski definition) is 3. The Labute approximate surface area is 114 Å². The molecule has 0 saturated carbocycles. The van der Waals surface area contributed by atoms with Crippen molar-refractivity contribution in [1.29, 1.82) is 0 Å². The van der Waals surface area contributed by atoms with Crippen LogP contribution >= 0.6 is 11.6 Å². The number of rotatable bonds is 3. The summed E-state index contributed by atoms with van der Waals surface area (Å²) in [4.78, 5) is 25.5. The fraction of sp³-hybridized carbons (Fsp3) is 0.0769. The molecule has 0 spiro atoms. The number of hydrogen-bond donors (Lipinski definition) is 2. The first kappa shape index (κ1) is 13.2. The molecular formula is C13H11ClN2O3. The van der Waals surface area contributed by atoms with Crippen LogP contribution in [0.5, 0.6) is 5.75 Å². The molecule has 19 heavy (non-hydrogen) atoms. The van der Waals surface area contributed by atoms with Crippen molar-refractivity contribution in [2.24, 2.45) is 0 Å². The molecule has 1 aromatic heterocycles. The Hall–Kier alpha value is -2.27. The van der Waals surface area contributed by atoms with E-state index >= 15 is 0 Å². The number of aromatic nitrogens is 1. The average molecular weight is 279 g/mol. The van der Waals surface area contributed by atoms with Gasteiger partial charge in [-0.25, -0.2) is 0 Å². The maximum Gasteiger partial charge on any atom is 0.255 e. The molecule has 1 amide bonds. The van der Waals surface area contributed by atoms with Crippen LogP contribution in [0.25, 0.3) is 0 Å². The van der Waals surface area contributed by atoms with Crippen LogP contribution in [-0.2, 0) is 0 Å². The molecule has 0 unspecified atom stereocenters. The van der Waals surface area contributed by atoms with Crippen LogP contribution in [0.15, 0.2) is 41.3 Å². The van der Waals surface area contributed by atoms with Crippen LogP contribution in [0.1, 0.15) is 10.4 Å². The number of ether oxygens (including phenoxy) is 1. The fourth-order valence-corrected chi connectivity index (χ4v) is 1.67. The Morgan fingerprint density at radius 1 is 1.32 bits per heavy atom. The summed E-state index contributed by atoms with van der Waals surface area (Å²) in [7, 11) is 1.52. The van der Waals surface area contributed by atoms with Crippen LogP contribution < -0.4 is 15.6 Å². The van der Waals surface area contributed by atoms with Crippen molar-refractivity contribution in [1.82, 2.24) is 4.98 Å². The molecule has 5 nitrogen and oxygen atoms in total. The molecule has 6 heteroatoms. The maximum atomic E-state index is 12.0. The number of H-pyrrole nitrogens is 1. The summed E-state index contributed by atoms with van der Waals surface area (Å²) in [6, 6.07) is 7.63. The number of benzene rings is 1. The lowest BCUT2D eigenvalue weighted by Gasteiger charge is -2.08. The molecule has 0 atom stereocenters. The van der Waals surface area contributed by atoms with E-state index < -0.39 is 5.91 Å². The summed E-state index contributed by atoms with van der Waals surface area (Å²) in [5.41, 5.74) is 0.332. The number of halogens is 1. The van der Waals surface area contributed by atoms with Gasteiger partial charge in [0.25, 0.3) is 5.91 Å². The lowest BCUT2D eigenvalue weighted by Crippen LogP contribution is -2.15. The number of nitrogens with one attached hydrogen (secondary N) is 2. The Morgan fingerprint density at radius 3 is 2.79 bits per heavy atom. The van der Waals surface area contributed by atoms with Crippen molar-refractivity contribution in [2.75, 3.05) is 12.4 Å². The van der Waals surface area contributed by atoms with Crippen molar-refractivity contribution in [3.05, 3.63) is 57.5 Å². The van der Waals surface area contributed by atoms with Gasteiger partial charge in [0.05, 0.1) is 17.8 Å². The van der Waals surface area contributed by atoms with Gasteiger partial charge >= 0.3 is 0 Å². The summed E-state index contributed by atoms with van der Waals surface area (Å²) < 4.78 is 5.05. The molecule has 1 heterocycles. The summed E-state index contributed by atoms with van der Waals surface area (Å²) in [5, 5.41) is 3.01. The second kappa shape index (κ2) is 5.58. The van der Waals surface area contributed by atoms with Gasteiger partial charge in [0.15, 0.2) is 0 Å². The van der Waals surface area contributed by atoms with Gasteiger partial charge in [0.1, 0.15) is 5.75 Å². The van der Waals surface area contributed by atoms with E-state index in [2.05, 4.69) is 10.3 Å². The van der Waals surface area contributed by atoms with Gasteiger partial charge in [-0.3, -0.25) is 9.59 Å². The van der Waals surface area contributed by atoms with E-state index in [-0.39, 0.29) is 11.1 Å². The van der Waals surface area contributed by atoms with Gasteiger partial charge < -0.3 is 15.0 Å². The van der Waals surface area contributed by atoms with Gasteiger partial charge in [0.2, 0.25) is 5.56 Å². The number of carbonyl (C=O) groups excluding carboxylic acids is 1. The zero-order valence-corrected chi connectivity index (χ0v) is 10.8. The van der Waals surface area contributed by atoms with E-state index in [1.54, 1.807) is 18.2 Å². The van der Waals surface area contributed by atoms with Gasteiger partial charge in [0, 0.05) is 23.9 Å². The van der Waals surface area contributed by atoms with E-state index in [0.29, 0.717) is 16.5 Å². The zero-order valence-electron chi connectivity index (χ0n) is 10.1. The van der Waals surface area contributed by atoms with E-state index in [0.717, 1.165) is 0 Å². The quantitative estimate of drug-likeness (QED) is 0.905. The summed E-state index contributed by atoms with van der Waals surface area (Å²) in [6.07, 6.45) is 1.41. The molecular weight excluding hydrogens is 268 g/mol. The fourth-order valence-electron chi connectivity index (χ4n) is 1.51.